The molecule has 0 aromatic carbocycles. The fourth-order valence-electron chi connectivity index (χ4n) is 1.61. The molecule has 7 nitrogen and oxygen atoms in total. The molecule has 0 saturated carbocycles. The zero-order valence-corrected chi connectivity index (χ0v) is 14.1. The Morgan fingerprint density at radius 2 is 2.10 bits per heavy atom. The quantitative estimate of drug-likeness (QED) is 0.683. The van der Waals surface area contributed by atoms with Gasteiger partial charge in [-0.15, -0.1) is 11.3 Å². The van der Waals surface area contributed by atoms with Gasteiger partial charge in [-0.2, -0.15) is 0 Å². The number of hydrogen-bond donors (Lipinski definition) is 2. The van der Waals surface area contributed by atoms with E-state index < -0.39 is 16.0 Å². The van der Waals surface area contributed by atoms with Crippen molar-refractivity contribution in [1.82, 2.24) is 10.0 Å². The van der Waals surface area contributed by atoms with Gasteiger partial charge in [0.25, 0.3) is 10.0 Å². The van der Waals surface area contributed by atoms with Crippen molar-refractivity contribution in [2.45, 2.75) is 24.1 Å². The summed E-state index contributed by atoms with van der Waals surface area (Å²) in [4.78, 5) is 11.7. The minimum absolute atomic E-state index is 0.00388. The van der Waals surface area contributed by atoms with Gasteiger partial charge >= 0.3 is 5.97 Å². The summed E-state index contributed by atoms with van der Waals surface area (Å²) in [6.07, 6.45) is 0. The minimum atomic E-state index is -3.74. The Balaban J connectivity index is 2.96. The summed E-state index contributed by atoms with van der Waals surface area (Å²) in [6.45, 7) is 4.80. The van der Waals surface area contributed by atoms with E-state index in [2.05, 4.69) is 14.8 Å². The second kappa shape index (κ2) is 7.74. The fraction of sp³-hybridized carbons (Fsp3) is 0.583. The Morgan fingerprint density at radius 1 is 1.43 bits per heavy atom. The van der Waals surface area contributed by atoms with Crippen LogP contribution in [0.2, 0.25) is 0 Å². The van der Waals surface area contributed by atoms with Crippen molar-refractivity contribution in [3.63, 3.8) is 0 Å². The molecule has 0 radical (unpaired) electrons. The highest BCUT2D eigenvalue weighted by Crippen LogP contribution is 2.33. The Labute approximate surface area is 128 Å². The second-order valence-corrected chi connectivity index (χ2v) is 7.28. The van der Waals surface area contributed by atoms with Crippen molar-refractivity contribution < 1.29 is 22.7 Å². The summed E-state index contributed by atoms with van der Waals surface area (Å²) < 4.78 is 36.6. The van der Waals surface area contributed by atoms with Crippen molar-refractivity contribution in [3.05, 3.63) is 10.9 Å². The first-order valence-electron chi connectivity index (χ1n) is 6.34. The van der Waals surface area contributed by atoms with Crippen molar-refractivity contribution in [2.75, 3.05) is 27.3 Å². The first kappa shape index (κ1) is 17.9. The van der Waals surface area contributed by atoms with E-state index in [0.717, 1.165) is 17.9 Å². The Bertz CT molecular complexity index is 582. The lowest BCUT2D eigenvalue weighted by Gasteiger charge is -2.13. The molecule has 0 amide bonds. The van der Waals surface area contributed by atoms with E-state index >= 15 is 0 Å². The number of thiophene rings is 1. The lowest BCUT2D eigenvalue weighted by atomic mass is 10.3. The molecule has 21 heavy (non-hydrogen) atoms. The third-order valence-electron chi connectivity index (χ3n) is 2.65. The van der Waals surface area contributed by atoms with Gasteiger partial charge in [-0.1, -0.05) is 6.92 Å². The number of sulfonamides is 1. The van der Waals surface area contributed by atoms with E-state index in [1.807, 2.05) is 13.8 Å². The predicted octanol–water partition coefficient (Wildman–Crippen LogP) is 0.820. The largest absolute Gasteiger partial charge is 0.494 e. The van der Waals surface area contributed by atoms with E-state index in [0.29, 0.717) is 0 Å². The van der Waals surface area contributed by atoms with Crippen LogP contribution in [0.3, 0.4) is 0 Å². The molecule has 2 N–H and O–H groups in total. The van der Waals surface area contributed by atoms with Gasteiger partial charge in [0, 0.05) is 18.7 Å². The number of ether oxygens (including phenoxy) is 2. The summed E-state index contributed by atoms with van der Waals surface area (Å²) in [5.74, 6) is -0.468. The molecule has 0 unspecified atom stereocenters. The lowest BCUT2D eigenvalue weighted by molar-refractivity contribution is 0.0606. The first-order chi connectivity index (χ1) is 9.85. The third-order valence-corrected chi connectivity index (χ3v) is 5.68. The monoisotopic (exact) mass is 336 g/mol. The minimum Gasteiger partial charge on any atom is -0.494 e. The number of esters is 1. The van der Waals surface area contributed by atoms with Crippen LogP contribution in [0.4, 0.5) is 0 Å². The molecular formula is C12H20N2O5S2. The smallest absolute Gasteiger partial charge is 0.348 e. The molecule has 1 heterocycles. The topological polar surface area (TPSA) is 93.7 Å². The Kier molecular flexibility index (Phi) is 6.59. The molecule has 1 rings (SSSR count). The standard InChI is InChI=1S/C12H20N2O5S2/c1-5-13-8(2)7-14-21(16,17)12-9(18-3)6-10(20-12)11(15)19-4/h6,8,13-14H,5,7H2,1-4H3/t8-/m1/s1. The molecule has 0 aliphatic carbocycles. The highest BCUT2D eigenvalue weighted by atomic mass is 32.2. The van der Waals surface area contributed by atoms with E-state index in [1.165, 1.54) is 20.3 Å². The van der Waals surface area contributed by atoms with Crippen LogP contribution in [0.15, 0.2) is 10.3 Å². The number of methoxy groups -OCH3 is 2. The van der Waals surface area contributed by atoms with E-state index in [4.69, 9.17) is 4.74 Å². The van der Waals surface area contributed by atoms with Gasteiger partial charge in [-0.05, 0) is 13.5 Å². The van der Waals surface area contributed by atoms with Crippen molar-refractivity contribution in [2.24, 2.45) is 0 Å². The molecule has 9 heteroatoms. The molecular weight excluding hydrogens is 316 g/mol. The number of hydrogen-bond acceptors (Lipinski definition) is 7. The lowest BCUT2D eigenvalue weighted by Crippen LogP contribution is -2.38. The van der Waals surface area contributed by atoms with E-state index in [9.17, 15) is 13.2 Å². The maximum absolute atomic E-state index is 12.3. The normalized spacial score (nSPS) is 13.0. The molecule has 120 valence electrons. The predicted molar refractivity (Wildman–Crippen MR) is 80.5 cm³/mol. The van der Waals surface area contributed by atoms with Crippen LogP contribution in [0.5, 0.6) is 5.75 Å². The van der Waals surface area contributed by atoms with Crippen LogP contribution < -0.4 is 14.8 Å². The molecule has 1 aromatic rings. The molecule has 1 aromatic heterocycles. The Morgan fingerprint density at radius 3 is 2.62 bits per heavy atom. The highest BCUT2D eigenvalue weighted by molar-refractivity contribution is 7.91. The van der Waals surface area contributed by atoms with Gasteiger partial charge in [0.05, 0.1) is 14.2 Å². The van der Waals surface area contributed by atoms with Crippen LogP contribution in [0, 0.1) is 0 Å². The zero-order chi connectivity index (χ0) is 16.0. The summed E-state index contributed by atoms with van der Waals surface area (Å²) in [5, 5.41) is 3.10. The van der Waals surface area contributed by atoms with Crippen molar-refractivity contribution in [3.8, 4) is 5.75 Å². The number of likely N-dealkylation sites (N-methyl/N-ethyl adjacent to an activating group) is 1. The summed E-state index contributed by atoms with van der Waals surface area (Å²) >= 11 is 0.818. The number of rotatable bonds is 8. The van der Waals surface area contributed by atoms with Gasteiger partial charge in [0.15, 0.2) is 9.96 Å². The molecule has 0 spiro atoms. The number of nitrogens with one attached hydrogen (secondary N) is 2. The van der Waals surface area contributed by atoms with Gasteiger partial charge in [0.1, 0.15) is 4.88 Å². The van der Waals surface area contributed by atoms with Crippen LogP contribution in [-0.2, 0) is 14.8 Å². The average molecular weight is 336 g/mol. The molecule has 1 atom stereocenters. The number of carbonyl (C=O) groups excluding carboxylic acids is 1. The van der Waals surface area contributed by atoms with Crippen LogP contribution in [-0.4, -0.2) is 47.7 Å². The summed E-state index contributed by atoms with van der Waals surface area (Å²) in [7, 11) is -1.16. The molecule has 0 bridgehead atoms. The van der Waals surface area contributed by atoms with Crippen LogP contribution >= 0.6 is 11.3 Å². The summed E-state index contributed by atoms with van der Waals surface area (Å²) in [5.41, 5.74) is 0. The zero-order valence-electron chi connectivity index (χ0n) is 12.4. The first-order valence-corrected chi connectivity index (χ1v) is 8.64. The Hall–Kier alpha value is -1.16. The van der Waals surface area contributed by atoms with Crippen molar-refractivity contribution >= 4 is 27.3 Å². The fourth-order valence-corrected chi connectivity index (χ4v) is 4.28. The SMILES string of the molecule is CCN[C@H](C)CNS(=O)(=O)c1sc(C(=O)OC)cc1OC. The maximum atomic E-state index is 12.3. The van der Waals surface area contributed by atoms with E-state index in [-0.39, 0.29) is 27.4 Å². The number of carbonyl (C=O) groups is 1. The van der Waals surface area contributed by atoms with Gasteiger partial charge in [0.2, 0.25) is 0 Å². The van der Waals surface area contributed by atoms with E-state index in [1.54, 1.807) is 0 Å². The molecule has 0 fully saturated rings. The van der Waals surface area contributed by atoms with Crippen LogP contribution in [0.25, 0.3) is 0 Å². The second-order valence-electron chi connectivity index (χ2n) is 4.27. The average Bonchev–Trinajstić information content (AvgIpc) is 2.90. The van der Waals surface area contributed by atoms with Gasteiger partial charge < -0.3 is 14.8 Å². The van der Waals surface area contributed by atoms with Gasteiger partial charge in [-0.3, -0.25) is 0 Å². The molecule has 0 aliphatic rings. The maximum Gasteiger partial charge on any atom is 0.348 e. The highest BCUT2D eigenvalue weighted by Gasteiger charge is 2.26. The van der Waals surface area contributed by atoms with Crippen LogP contribution in [0.1, 0.15) is 23.5 Å². The van der Waals surface area contributed by atoms with Gasteiger partial charge in [-0.25, -0.2) is 17.9 Å². The third kappa shape index (κ3) is 4.67. The van der Waals surface area contributed by atoms with Crippen molar-refractivity contribution in [1.29, 1.82) is 0 Å². The summed E-state index contributed by atoms with van der Waals surface area (Å²) in [6, 6.07) is 1.36. The molecule has 0 aliphatic heterocycles. The molecule has 0 saturated heterocycles.